The monoisotopic (exact) mass is 387 g/mol. The number of piperazine rings is 1. The third kappa shape index (κ3) is 7.79. The molecule has 1 saturated heterocycles. The number of carbonyl (C=O) groups excluding carboxylic acids is 2. The molecule has 0 unspecified atom stereocenters. The van der Waals surface area contributed by atoms with Crippen molar-refractivity contribution in [1.29, 1.82) is 0 Å². The summed E-state index contributed by atoms with van der Waals surface area (Å²) in [7, 11) is 0. The van der Waals surface area contributed by atoms with Crippen LogP contribution in [0.4, 0.5) is 10.5 Å². The highest BCUT2D eigenvalue weighted by molar-refractivity contribution is 5.71. The second-order valence-corrected chi connectivity index (χ2v) is 7.41. The van der Waals surface area contributed by atoms with E-state index in [4.69, 9.17) is 4.74 Å². The molecule has 1 aromatic carbocycles. The fourth-order valence-corrected chi connectivity index (χ4v) is 2.59. The summed E-state index contributed by atoms with van der Waals surface area (Å²) in [6.45, 7) is 9.62. The maximum absolute atomic E-state index is 11.5. The number of hydrogen-bond donors (Lipinski definition) is 2. The molecule has 0 aliphatic carbocycles. The van der Waals surface area contributed by atoms with Crippen LogP contribution in [-0.2, 0) is 16.1 Å². The molecule has 2 N–H and O–H groups in total. The van der Waals surface area contributed by atoms with Crippen molar-refractivity contribution in [1.82, 2.24) is 19.8 Å². The molecule has 152 valence electrons. The lowest BCUT2D eigenvalue weighted by molar-refractivity contribution is -0.105. The average Bonchev–Trinajstić information content (AvgIpc) is 3.15. The molecule has 0 saturated carbocycles. The van der Waals surface area contributed by atoms with Crippen molar-refractivity contribution >= 4 is 18.2 Å². The lowest BCUT2D eigenvalue weighted by Gasteiger charge is -2.30. The van der Waals surface area contributed by atoms with Crippen LogP contribution in [0.25, 0.3) is 0 Å². The van der Waals surface area contributed by atoms with Crippen molar-refractivity contribution in [3.63, 3.8) is 0 Å². The number of amides is 2. The molecule has 1 aliphatic rings. The third-order valence-electron chi connectivity index (χ3n) is 3.85. The first kappa shape index (κ1) is 21.4. The lowest BCUT2D eigenvalue weighted by Crippen LogP contribution is -2.48. The Labute approximate surface area is 165 Å². The molecule has 0 spiro atoms. The van der Waals surface area contributed by atoms with E-state index >= 15 is 0 Å². The number of nitrogens with one attached hydrogen (secondary N) is 2. The Bertz CT molecular complexity index is 735. The molecule has 3 rings (SSSR count). The SMILES string of the molecule is CC(C)(C)OC(=O)N1CCNCC1.O=CNc1cccc(Cn2ccnc2)c1. The topological polar surface area (TPSA) is 88.5 Å². The molecule has 1 aliphatic heterocycles. The Morgan fingerprint density at radius 1 is 1.32 bits per heavy atom. The first-order valence-corrected chi connectivity index (χ1v) is 9.31. The van der Waals surface area contributed by atoms with Gasteiger partial charge in [-0.25, -0.2) is 9.78 Å². The molecule has 1 fully saturated rings. The van der Waals surface area contributed by atoms with E-state index in [0.717, 1.165) is 44.0 Å². The van der Waals surface area contributed by atoms with Crippen LogP contribution in [0.1, 0.15) is 26.3 Å². The third-order valence-corrected chi connectivity index (χ3v) is 3.85. The fraction of sp³-hybridized carbons (Fsp3) is 0.450. The van der Waals surface area contributed by atoms with Crippen molar-refractivity contribution in [2.75, 3.05) is 31.5 Å². The highest BCUT2D eigenvalue weighted by atomic mass is 16.6. The van der Waals surface area contributed by atoms with Crippen molar-refractivity contribution < 1.29 is 14.3 Å². The summed E-state index contributed by atoms with van der Waals surface area (Å²) < 4.78 is 7.21. The average molecular weight is 387 g/mol. The fourth-order valence-electron chi connectivity index (χ4n) is 2.59. The van der Waals surface area contributed by atoms with Gasteiger partial charge in [0.15, 0.2) is 0 Å². The summed E-state index contributed by atoms with van der Waals surface area (Å²) in [6, 6.07) is 7.72. The maximum Gasteiger partial charge on any atom is 0.410 e. The van der Waals surface area contributed by atoms with Crippen LogP contribution in [0.5, 0.6) is 0 Å². The van der Waals surface area contributed by atoms with E-state index in [2.05, 4.69) is 15.6 Å². The van der Waals surface area contributed by atoms with Gasteiger partial charge in [0.1, 0.15) is 5.60 Å². The van der Waals surface area contributed by atoms with E-state index in [0.29, 0.717) is 6.41 Å². The van der Waals surface area contributed by atoms with Crippen molar-refractivity contribution in [3.05, 3.63) is 48.5 Å². The molecule has 2 aromatic rings. The minimum atomic E-state index is -0.387. The molecule has 0 atom stereocenters. The number of ether oxygens (including phenoxy) is 1. The molecule has 8 nitrogen and oxygen atoms in total. The van der Waals surface area contributed by atoms with Gasteiger partial charge in [-0.3, -0.25) is 4.79 Å². The zero-order valence-corrected chi connectivity index (χ0v) is 16.7. The van der Waals surface area contributed by atoms with Gasteiger partial charge in [0, 0.05) is 50.8 Å². The highest BCUT2D eigenvalue weighted by Gasteiger charge is 2.22. The second-order valence-electron chi connectivity index (χ2n) is 7.41. The number of imidazole rings is 1. The largest absolute Gasteiger partial charge is 0.444 e. The van der Waals surface area contributed by atoms with Crippen molar-refractivity contribution in [2.24, 2.45) is 0 Å². The molecule has 2 heterocycles. The summed E-state index contributed by atoms with van der Waals surface area (Å²) in [5.41, 5.74) is 1.55. The Balaban J connectivity index is 0.000000203. The first-order chi connectivity index (χ1) is 13.4. The van der Waals surface area contributed by atoms with Gasteiger partial charge in [0.05, 0.1) is 6.33 Å². The molecule has 0 radical (unpaired) electrons. The molecule has 8 heteroatoms. The number of benzene rings is 1. The molecule has 0 bridgehead atoms. The minimum Gasteiger partial charge on any atom is -0.444 e. The zero-order chi connectivity index (χ0) is 20.4. The van der Waals surface area contributed by atoms with Gasteiger partial charge in [0.2, 0.25) is 6.41 Å². The predicted molar refractivity (Wildman–Crippen MR) is 108 cm³/mol. The Hall–Kier alpha value is -2.87. The first-order valence-electron chi connectivity index (χ1n) is 9.31. The smallest absolute Gasteiger partial charge is 0.410 e. The number of anilines is 1. The van der Waals surface area contributed by atoms with E-state index in [1.165, 1.54) is 0 Å². The number of hydrogen-bond acceptors (Lipinski definition) is 5. The van der Waals surface area contributed by atoms with Gasteiger partial charge in [-0.05, 0) is 38.5 Å². The highest BCUT2D eigenvalue weighted by Crippen LogP contribution is 2.11. The molecule has 2 amide bonds. The number of rotatable bonds is 4. The van der Waals surface area contributed by atoms with Gasteiger partial charge in [-0.15, -0.1) is 0 Å². The normalized spacial score (nSPS) is 13.9. The van der Waals surface area contributed by atoms with Gasteiger partial charge in [-0.1, -0.05) is 12.1 Å². The summed E-state index contributed by atoms with van der Waals surface area (Å²) in [4.78, 5) is 27.5. The molecular formula is C20H29N5O3. The summed E-state index contributed by atoms with van der Waals surface area (Å²) in [5, 5.41) is 5.81. The Kier molecular flexibility index (Phi) is 8.01. The molecular weight excluding hydrogens is 358 g/mol. The van der Waals surface area contributed by atoms with Crippen LogP contribution in [0.2, 0.25) is 0 Å². The standard InChI is InChI=1S/C11H11N3O.C9H18N2O2/c15-9-13-11-3-1-2-10(6-11)7-14-5-4-12-8-14;1-9(2,3)13-8(12)11-6-4-10-5-7-11/h1-6,8-9H,7H2,(H,13,15);10H,4-7H2,1-3H3. The summed E-state index contributed by atoms with van der Waals surface area (Å²) in [5.74, 6) is 0. The Morgan fingerprint density at radius 3 is 2.68 bits per heavy atom. The second kappa shape index (κ2) is 10.5. The van der Waals surface area contributed by atoms with Crippen LogP contribution in [0, 0.1) is 0 Å². The quantitative estimate of drug-likeness (QED) is 0.786. The van der Waals surface area contributed by atoms with Gasteiger partial charge in [-0.2, -0.15) is 0 Å². The van der Waals surface area contributed by atoms with Gasteiger partial charge >= 0.3 is 6.09 Å². The predicted octanol–water partition coefficient (Wildman–Crippen LogP) is 2.33. The van der Waals surface area contributed by atoms with Crippen LogP contribution < -0.4 is 10.6 Å². The van der Waals surface area contributed by atoms with E-state index < -0.39 is 0 Å². The van der Waals surface area contributed by atoms with E-state index in [1.54, 1.807) is 17.4 Å². The van der Waals surface area contributed by atoms with E-state index in [9.17, 15) is 9.59 Å². The number of carbonyl (C=O) groups is 2. The lowest BCUT2D eigenvalue weighted by atomic mass is 10.2. The Morgan fingerprint density at radius 2 is 2.07 bits per heavy atom. The maximum atomic E-state index is 11.5. The van der Waals surface area contributed by atoms with Crippen molar-refractivity contribution in [2.45, 2.75) is 32.9 Å². The summed E-state index contributed by atoms with van der Waals surface area (Å²) in [6.07, 6.45) is 5.89. The van der Waals surface area contributed by atoms with Gasteiger partial charge < -0.3 is 24.8 Å². The van der Waals surface area contributed by atoms with Crippen molar-refractivity contribution in [3.8, 4) is 0 Å². The minimum absolute atomic E-state index is 0.200. The van der Waals surface area contributed by atoms with Crippen LogP contribution in [0.3, 0.4) is 0 Å². The van der Waals surface area contributed by atoms with Gasteiger partial charge in [0.25, 0.3) is 0 Å². The number of nitrogens with zero attached hydrogens (tertiary/aromatic N) is 3. The van der Waals surface area contributed by atoms with E-state index in [-0.39, 0.29) is 11.7 Å². The molecule has 28 heavy (non-hydrogen) atoms. The zero-order valence-electron chi connectivity index (χ0n) is 16.7. The van der Waals surface area contributed by atoms with Crippen LogP contribution in [0.15, 0.2) is 43.0 Å². The number of aromatic nitrogens is 2. The van der Waals surface area contributed by atoms with Crippen LogP contribution in [-0.4, -0.2) is 58.7 Å². The summed E-state index contributed by atoms with van der Waals surface area (Å²) >= 11 is 0. The van der Waals surface area contributed by atoms with E-state index in [1.807, 2.05) is 55.8 Å². The molecule has 1 aromatic heterocycles. The van der Waals surface area contributed by atoms with Crippen LogP contribution >= 0.6 is 0 Å².